The molecule has 0 N–H and O–H groups in total. The second kappa shape index (κ2) is 7.09. The van der Waals surface area contributed by atoms with Gasteiger partial charge in [0.25, 0.3) is 15.7 Å². The molecule has 2 atom stereocenters. The van der Waals surface area contributed by atoms with E-state index in [0.717, 1.165) is 6.07 Å². The number of carbonyl (C=O) groups is 1. The molecule has 1 aliphatic carbocycles. The summed E-state index contributed by atoms with van der Waals surface area (Å²) in [6, 6.07) is 4.53. The molecular formula is C16H16Cl2N2O5S. The zero-order valence-corrected chi connectivity index (χ0v) is 16.5. The molecule has 7 nitrogen and oxygen atoms in total. The molecular weight excluding hydrogens is 403 g/mol. The summed E-state index contributed by atoms with van der Waals surface area (Å²) in [6.07, 6.45) is 1.25. The van der Waals surface area contributed by atoms with Gasteiger partial charge in [-0.15, -0.1) is 23.2 Å². The van der Waals surface area contributed by atoms with E-state index in [2.05, 4.69) is 4.40 Å². The zero-order chi connectivity index (χ0) is 19.9. The summed E-state index contributed by atoms with van der Waals surface area (Å²) >= 11 is 12.5. The Morgan fingerprint density at radius 2 is 1.96 bits per heavy atom. The molecule has 0 bridgehead atoms. The van der Waals surface area contributed by atoms with Crippen LogP contribution in [0.2, 0.25) is 0 Å². The number of ketones is 1. The second-order valence-corrected chi connectivity index (χ2v) is 9.09. The Bertz CT molecular complexity index is 936. The van der Waals surface area contributed by atoms with Gasteiger partial charge >= 0.3 is 0 Å². The monoisotopic (exact) mass is 418 g/mol. The minimum atomic E-state index is -4.29. The van der Waals surface area contributed by atoms with Crippen LogP contribution < -0.4 is 0 Å². The number of allylic oxidation sites excluding steroid dienone is 2. The first-order chi connectivity index (χ1) is 11.9. The van der Waals surface area contributed by atoms with Gasteiger partial charge in [0.2, 0.25) is 0 Å². The van der Waals surface area contributed by atoms with E-state index in [4.69, 9.17) is 23.2 Å². The third-order valence-electron chi connectivity index (χ3n) is 3.95. The Balaban J connectivity index is 2.64. The highest BCUT2D eigenvalue weighted by Gasteiger charge is 2.46. The maximum absolute atomic E-state index is 12.7. The maximum atomic E-state index is 12.7. The normalized spacial score (nSPS) is 25.5. The average molecular weight is 419 g/mol. The van der Waals surface area contributed by atoms with E-state index in [1.54, 1.807) is 13.8 Å². The number of non-ortho nitro benzene ring substituents is 1. The number of nitro groups is 1. The predicted octanol–water partition coefficient (Wildman–Crippen LogP) is 3.49. The third-order valence-corrected chi connectivity index (χ3v) is 6.39. The summed E-state index contributed by atoms with van der Waals surface area (Å²) in [7, 11) is -4.29. The fourth-order valence-corrected chi connectivity index (χ4v) is 3.98. The van der Waals surface area contributed by atoms with Gasteiger partial charge in [-0.25, -0.2) is 0 Å². The molecule has 140 valence electrons. The van der Waals surface area contributed by atoms with E-state index in [-0.39, 0.29) is 22.2 Å². The summed E-state index contributed by atoms with van der Waals surface area (Å²) in [5, 5.41) is 9.70. The fraction of sp³-hybridized carbons (Fsp3) is 0.375. The highest BCUT2D eigenvalue weighted by molar-refractivity contribution is 7.90. The van der Waals surface area contributed by atoms with Gasteiger partial charge in [0.15, 0.2) is 5.78 Å². The van der Waals surface area contributed by atoms with Gasteiger partial charge < -0.3 is 0 Å². The largest absolute Gasteiger partial charge is 0.293 e. The molecule has 0 saturated carbocycles. The SMILES string of the molecule is CC(C)C1=CC(=O)C(C)(Cl)C(Cl)C1=NS(=O)(=O)c1cccc([N+](=O)[O-])c1. The van der Waals surface area contributed by atoms with Gasteiger partial charge in [0.1, 0.15) is 10.3 Å². The molecule has 0 spiro atoms. The molecule has 26 heavy (non-hydrogen) atoms. The number of halogens is 2. The summed E-state index contributed by atoms with van der Waals surface area (Å²) in [6.45, 7) is 4.90. The topological polar surface area (TPSA) is 107 Å². The highest BCUT2D eigenvalue weighted by Crippen LogP contribution is 2.36. The van der Waals surface area contributed by atoms with Crippen LogP contribution in [0.15, 0.2) is 45.2 Å². The van der Waals surface area contributed by atoms with Crippen molar-refractivity contribution in [2.75, 3.05) is 0 Å². The molecule has 0 fully saturated rings. The van der Waals surface area contributed by atoms with Crippen LogP contribution in [0.3, 0.4) is 0 Å². The van der Waals surface area contributed by atoms with Crippen molar-refractivity contribution in [3.05, 3.63) is 46.0 Å². The fourth-order valence-electron chi connectivity index (χ4n) is 2.39. The molecule has 0 aromatic heterocycles. The molecule has 1 aliphatic rings. The lowest BCUT2D eigenvalue weighted by atomic mass is 9.82. The lowest BCUT2D eigenvalue weighted by molar-refractivity contribution is -0.385. The van der Waals surface area contributed by atoms with Gasteiger partial charge in [-0.2, -0.15) is 12.8 Å². The minimum absolute atomic E-state index is 0.0368. The number of rotatable bonds is 4. The molecule has 0 radical (unpaired) electrons. The molecule has 2 unspecified atom stereocenters. The van der Waals surface area contributed by atoms with Gasteiger partial charge in [0, 0.05) is 12.1 Å². The first-order valence-corrected chi connectivity index (χ1v) is 9.82. The van der Waals surface area contributed by atoms with Crippen molar-refractivity contribution in [3.8, 4) is 0 Å². The third kappa shape index (κ3) is 3.82. The molecule has 1 aromatic rings. The van der Waals surface area contributed by atoms with Crippen LogP contribution in [0, 0.1) is 16.0 Å². The van der Waals surface area contributed by atoms with Gasteiger partial charge in [-0.3, -0.25) is 14.9 Å². The summed E-state index contributed by atoms with van der Waals surface area (Å²) < 4.78 is 29.1. The zero-order valence-electron chi connectivity index (χ0n) is 14.1. The maximum Gasteiger partial charge on any atom is 0.282 e. The lowest BCUT2D eigenvalue weighted by Gasteiger charge is -2.32. The molecule has 0 aliphatic heterocycles. The van der Waals surface area contributed by atoms with Crippen molar-refractivity contribution >= 4 is 50.4 Å². The van der Waals surface area contributed by atoms with Gasteiger partial charge in [0.05, 0.1) is 15.5 Å². The van der Waals surface area contributed by atoms with E-state index < -0.39 is 31.0 Å². The van der Waals surface area contributed by atoms with Crippen LogP contribution in [-0.2, 0) is 14.8 Å². The van der Waals surface area contributed by atoms with Crippen molar-refractivity contribution in [3.63, 3.8) is 0 Å². The van der Waals surface area contributed by atoms with Crippen LogP contribution >= 0.6 is 23.2 Å². The van der Waals surface area contributed by atoms with Crippen LogP contribution in [0.5, 0.6) is 0 Å². The lowest BCUT2D eigenvalue weighted by Crippen LogP contribution is -2.47. The minimum Gasteiger partial charge on any atom is -0.293 e. The van der Waals surface area contributed by atoms with Crippen molar-refractivity contribution in [2.45, 2.75) is 35.9 Å². The number of alkyl halides is 2. The molecule has 2 rings (SSSR count). The number of hydrogen-bond donors (Lipinski definition) is 0. The molecule has 0 saturated heterocycles. The standard InChI is InChI=1S/C16H16Cl2N2O5S/c1-9(2)12-8-13(21)16(3,18)15(17)14(12)19-26(24,25)11-6-4-5-10(7-11)20(22)23/h4-9,15H,1-3H3. The second-order valence-electron chi connectivity index (χ2n) is 6.26. The Hall–Kier alpha value is -1.77. The number of nitro benzene ring substituents is 1. The summed E-state index contributed by atoms with van der Waals surface area (Å²) in [4.78, 5) is 20.4. The predicted molar refractivity (Wildman–Crippen MR) is 99.5 cm³/mol. The van der Waals surface area contributed by atoms with Crippen molar-refractivity contribution in [1.82, 2.24) is 0 Å². The van der Waals surface area contributed by atoms with Crippen LogP contribution in [0.25, 0.3) is 0 Å². The van der Waals surface area contributed by atoms with Crippen LogP contribution in [0.1, 0.15) is 20.8 Å². The van der Waals surface area contributed by atoms with Gasteiger partial charge in [-0.1, -0.05) is 19.9 Å². The summed E-state index contributed by atoms with van der Waals surface area (Å²) in [5.74, 6) is -0.665. The van der Waals surface area contributed by atoms with Crippen molar-refractivity contribution in [2.24, 2.45) is 10.3 Å². The van der Waals surface area contributed by atoms with Crippen molar-refractivity contribution < 1.29 is 18.1 Å². The Labute approximate surface area is 160 Å². The highest BCUT2D eigenvalue weighted by atomic mass is 35.5. The van der Waals surface area contributed by atoms with E-state index in [0.29, 0.717) is 5.57 Å². The Morgan fingerprint density at radius 3 is 2.50 bits per heavy atom. The quantitative estimate of drug-likeness (QED) is 0.422. The van der Waals surface area contributed by atoms with E-state index in [9.17, 15) is 23.3 Å². The smallest absolute Gasteiger partial charge is 0.282 e. The number of hydrogen-bond acceptors (Lipinski definition) is 5. The summed E-state index contributed by atoms with van der Waals surface area (Å²) in [5.41, 5.74) is -0.0540. The van der Waals surface area contributed by atoms with Crippen molar-refractivity contribution in [1.29, 1.82) is 0 Å². The average Bonchev–Trinajstić information content (AvgIpc) is 2.55. The van der Waals surface area contributed by atoms with Crippen LogP contribution in [-0.4, -0.2) is 35.1 Å². The Morgan fingerprint density at radius 1 is 1.35 bits per heavy atom. The number of benzene rings is 1. The first kappa shape index (κ1) is 20.5. The number of nitrogens with zero attached hydrogens (tertiary/aromatic N) is 2. The first-order valence-electron chi connectivity index (χ1n) is 7.56. The van der Waals surface area contributed by atoms with E-state index in [1.807, 2.05) is 0 Å². The number of sulfonamides is 1. The van der Waals surface area contributed by atoms with Crippen LogP contribution in [0.4, 0.5) is 5.69 Å². The number of carbonyl (C=O) groups excluding carboxylic acids is 1. The molecule has 10 heteroatoms. The molecule has 0 heterocycles. The van der Waals surface area contributed by atoms with E-state index in [1.165, 1.54) is 31.2 Å². The Kier molecular flexibility index (Phi) is 5.60. The molecule has 0 amide bonds. The molecule has 1 aromatic carbocycles. The van der Waals surface area contributed by atoms with E-state index >= 15 is 0 Å². The van der Waals surface area contributed by atoms with Gasteiger partial charge in [-0.05, 0) is 30.6 Å².